The number of nitrogens with zero attached hydrogens (tertiary/aromatic N) is 2. The van der Waals surface area contributed by atoms with Crippen LogP contribution in [-0.2, 0) is 9.59 Å². The van der Waals surface area contributed by atoms with E-state index in [9.17, 15) is 9.59 Å². The third kappa shape index (κ3) is 4.02. The fraction of sp³-hybridized carbons (Fsp3) is 0.115. The van der Waals surface area contributed by atoms with E-state index in [1.54, 1.807) is 73.8 Å². The Labute approximate surface area is 196 Å². The van der Waals surface area contributed by atoms with E-state index < -0.39 is 11.8 Å². The number of nitriles is 1. The average Bonchev–Trinajstić information content (AvgIpc) is 3.12. The van der Waals surface area contributed by atoms with Crippen LogP contribution in [0.15, 0.2) is 72.4 Å². The van der Waals surface area contributed by atoms with Crippen molar-refractivity contribution in [1.82, 2.24) is 0 Å². The summed E-state index contributed by atoms with van der Waals surface area (Å²) in [5.41, 5.74) is 2.18. The predicted octanol–water partition coefficient (Wildman–Crippen LogP) is 3.98. The van der Waals surface area contributed by atoms with E-state index >= 15 is 0 Å². The van der Waals surface area contributed by atoms with Crippen LogP contribution in [0.5, 0.6) is 17.2 Å². The lowest BCUT2D eigenvalue weighted by atomic mass is 10.0. The van der Waals surface area contributed by atoms with Crippen molar-refractivity contribution >= 4 is 28.8 Å². The van der Waals surface area contributed by atoms with Gasteiger partial charge in [-0.25, -0.2) is 4.90 Å². The van der Waals surface area contributed by atoms with E-state index in [1.807, 2.05) is 6.07 Å². The summed E-state index contributed by atoms with van der Waals surface area (Å²) in [4.78, 5) is 28.2. The summed E-state index contributed by atoms with van der Waals surface area (Å²) in [6, 6.07) is 20.3. The molecule has 8 nitrogen and oxygen atoms in total. The Bertz CT molecular complexity index is 1320. The molecule has 0 aromatic heterocycles. The zero-order chi connectivity index (χ0) is 24.2. The third-order valence-corrected chi connectivity index (χ3v) is 5.37. The van der Waals surface area contributed by atoms with Gasteiger partial charge < -0.3 is 19.5 Å². The van der Waals surface area contributed by atoms with Gasteiger partial charge in [0.1, 0.15) is 11.4 Å². The van der Waals surface area contributed by atoms with E-state index in [4.69, 9.17) is 19.5 Å². The molecule has 0 unspecified atom stereocenters. The Morgan fingerprint density at radius 2 is 1.47 bits per heavy atom. The van der Waals surface area contributed by atoms with Gasteiger partial charge in [0, 0.05) is 5.69 Å². The molecule has 0 spiro atoms. The lowest BCUT2D eigenvalue weighted by Gasteiger charge is -2.15. The molecule has 0 saturated carbocycles. The number of benzene rings is 3. The van der Waals surface area contributed by atoms with Crippen molar-refractivity contribution in [3.8, 4) is 23.3 Å². The number of hydrogen-bond donors (Lipinski definition) is 1. The molecule has 0 atom stereocenters. The summed E-state index contributed by atoms with van der Waals surface area (Å²) in [5, 5.41) is 12.2. The molecular formula is C26H21N3O5. The third-order valence-electron chi connectivity index (χ3n) is 5.37. The minimum Gasteiger partial charge on any atom is -0.497 e. The first-order chi connectivity index (χ1) is 16.5. The Morgan fingerprint density at radius 1 is 0.794 bits per heavy atom. The smallest absolute Gasteiger partial charge is 0.282 e. The van der Waals surface area contributed by atoms with Crippen molar-refractivity contribution < 1.29 is 23.8 Å². The summed E-state index contributed by atoms with van der Waals surface area (Å²) >= 11 is 0. The van der Waals surface area contributed by atoms with Crippen molar-refractivity contribution in [1.29, 1.82) is 5.26 Å². The first kappa shape index (κ1) is 22.4. The van der Waals surface area contributed by atoms with E-state index in [-0.39, 0.29) is 11.3 Å². The summed E-state index contributed by atoms with van der Waals surface area (Å²) in [6.07, 6.45) is 0. The van der Waals surface area contributed by atoms with Crippen LogP contribution >= 0.6 is 0 Å². The monoisotopic (exact) mass is 455 g/mol. The topological polar surface area (TPSA) is 101 Å². The minimum atomic E-state index is -0.518. The number of rotatable bonds is 7. The average molecular weight is 455 g/mol. The number of carbonyl (C=O) groups excluding carboxylic acids is 2. The number of ether oxygens (including phenoxy) is 3. The molecule has 4 rings (SSSR count). The first-order valence-electron chi connectivity index (χ1n) is 10.3. The Kier molecular flexibility index (Phi) is 6.19. The number of hydrogen-bond acceptors (Lipinski definition) is 7. The molecule has 1 N–H and O–H groups in total. The SMILES string of the molecule is COc1ccc(NC2=C(c3ccc(OC)c(OC)c3)C(=O)N(c3ccc(C#N)cc3)C2=O)cc1. The second-order valence-corrected chi connectivity index (χ2v) is 7.28. The largest absolute Gasteiger partial charge is 0.497 e. The lowest BCUT2D eigenvalue weighted by molar-refractivity contribution is -0.120. The van der Waals surface area contributed by atoms with Crippen LogP contribution in [0, 0.1) is 11.3 Å². The zero-order valence-electron chi connectivity index (χ0n) is 18.8. The number of carbonyl (C=O) groups is 2. The maximum absolute atomic E-state index is 13.6. The molecule has 1 aliphatic heterocycles. The zero-order valence-corrected chi connectivity index (χ0v) is 18.8. The van der Waals surface area contributed by atoms with Crippen LogP contribution in [0.1, 0.15) is 11.1 Å². The van der Waals surface area contributed by atoms with Gasteiger partial charge >= 0.3 is 0 Å². The van der Waals surface area contributed by atoms with Crippen LogP contribution in [0.2, 0.25) is 0 Å². The summed E-state index contributed by atoms with van der Waals surface area (Å²) in [5.74, 6) is 0.562. The van der Waals surface area contributed by atoms with Crippen LogP contribution in [-0.4, -0.2) is 33.1 Å². The fourth-order valence-electron chi connectivity index (χ4n) is 3.64. The maximum Gasteiger partial charge on any atom is 0.282 e. The Morgan fingerprint density at radius 3 is 2.06 bits per heavy atom. The Hall–Kier alpha value is -4.77. The molecule has 2 amide bonds. The number of anilines is 2. The highest BCUT2D eigenvalue weighted by atomic mass is 16.5. The molecule has 0 aliphatic carbocycles. The number of imide groups is 1. The number of amides is 2. The van der Waals surface area contributed by atoms with Gasteiger partial charge in [-0.05, 0) is 66.2 Å². The summed E-state index contributed by atoms with van der Waals surface area (Å²) in [7, 11) is 4.58. The van der Waals surface area contributed by atoms with Gasteiger partial charge in [-0.2, -0.15) is 5.26 Å². The Balaban J connectivity index is 1.82. The molecule has 1 aliphatic rings. The predicted molar refractivity (Wildman–Crippen MR) is 127 cm³/mol. The van der Waals surface area contributed by atoms with Gasteiger partial charge in [-0.15, -0.1) is 0 Å². The molecule has 0 saturated heterocycles. The van der Waals surface area contributed by atoms with Gasteiger partial charge in [0.2, 0.25) is 0 Å². The van der Waals surface area contributed by atoms with Gasteiger partial charge in [-0.3, -0.25) is 9.59 Å². The molecule has 8 heteroatoms. The highest BCUT2D eigenvalue weighted by Crippen LogP contribution is 2.37. The van der Waals surface area contributed by atoms with Crippen LogP contribution in [0.3, 0.4) is 0 Å². The van der Waals surface area contributed by atoms with E-state index in [2.05, 4.69) is 5.32 Å². The van der Waals surface area contributed by atoms with Gasteiger partial charge in [0.25, 0.3) is 11.8 Å². The van der Waals surface area contributed by atoms with E-state index in [0.29, 0.717) is 39.8 Å². The standard InChI is InChI=1S/C26H21N3O5/c1-32-20-11-7-18(8-12-20)28-24-23(17-6-13-21(33-2)22(14-17)34-3)25(30)29(26(24)31)19-9-4-16(15-27)5-10-19/h4-14,28H,1-3H3. The molecule has 1 heterocycles. The normalized spacial score (nSPS) is 13.1. The summed E-state index contributed by atoms with van der Waals surface area (Å²) < 4.78 is 15.9. The highest BCUT2D eigenvalue weighted by Gasteiger charge is 2.40. The van der Waals surface area contributed by atoms with Gasteiger partial charge in [0.05, 0.1) is 44.2 Å². The molecule has 0 bridgehead atoms. The first-order valence-corrected chi connectivity index (χ1v) is 10.3. The number of nitrogens with one attached hydrogen (secondary N) is 1. The summed E-state index contributed by atoms with van der Waals surface area (Å²) in [6.45, 7) is 0. The van der Waals surface area contributed by atoms with Crippen molar-refractivity contribution in [2.75, 3.05) is 31.5 Å². The molecule has 3 aromatic carbocycles. The quantitative estimate of drug-likeness (QED) is 0.538. The van der Waals surface area contributed by atoms with Crippen LogP contribution in [0.4, 0.5) is 11.4 Å². The van der Waals surface area contributed by atoms with Crippen molar-refractivity contribution in [3.05, 3.63) is 83.6 Å². The molecular weight excluding hydrogens is 434 g/mol. The second-order valence-electron chi connectivity index (χ2n) is 7.28. The van der Waals surface area contributed by atoms with Gasteiger partial charge in [-0.1, -0.05) is 6.07 Å². The fourth-order valence-corrected chi connectivity index (χ4v) is 3.64. The molecule has 0 fully saturated rings. The van der Waals surface area contributed by atoms with Crippen molar-refractivity contribution in [3.63, 3.8) is 0 Å². The maximum atomic E-state index is 13.6. The molecule has 170 valence electrons. The highest BCUT2D eigenvalue weighted by molar-refractivity contribution is 6.46. The second kappa shape index (κ2) is 9.38. The van der Waals surface area contributed by atoms with Crippen molar-refractivity contribution in [2.45, 2.75) is 0 Å². The molecule has 34 heavy (non-hydrogen) atoms. The van der Waals surface area contributed by atoms with Gasteiger partial charge in [0.15, 0.2) is 11.5 Å². The van der Waals surface area contributed by atoms with Crippen molar-refractivity contribution in [2.24, 2.45) is 0 Å². The molecule has 0 radical (unpaired) electrons. The van der Waals surface area contributed by atoms with E-state index in [0.717, 1.165) is 4.90 Å². The molecule has 3 aromatic rings. The van der Waals surface area contributed by atoms with E-state index in [1.165, 1.54) is 14.2 Å². The lowest BCUT2D eigenvalue weighted by Crippen LogP contribution is -2.32. The van der Waals surface area contributed by atoms with Crippen LogP contribution < -0.4 is 24.4 Å². The van der Waals surface area contributed by atoms with Crippen LogP contribution in [0.25, 0.3) is 5.57 Å². The number of methoxy groups -OCH3 is 3. The minimum absolute atomic E-state index is 0.117.